The Balaban J connectivity index is 1.78. The summed E-state index contributed by atoms with van der Waals surface area (Å²) in [5.41, 5.74) is 10.9. The van der Waals surface area contributed by atoms with Gasteiger partial charge in [-0.05, 0) is 67.8 Å². The van der Waals surface area contributed by atoms with Crippen molar-refractivity contribution in [1.82, 2.24) is 5.32 Å². The molecule has 0 amide bonds. The molecular formula is C15H22N2. The molecule has 1 saturated heterocycles. The van der Waals surface area contributed by atoms with Gasteiger partial charge in [-0.3, -0.25) is 0 Å². The Morgan fingerprint density at radius 1 is 1.18 bits per heavy atom. The first kappa shape index (κ1) is 11.2. The minimum Gasteiger partial charge on any atom is -0.324 e. The summed E-state index contributed by atoms with van der Waals surface area (Å²) >= 11 is 0. The molecule has 1 aromatic carbocycles. The molecule has 2 aliphatic rings. The quantitative estimate of drug-likeness (QED) is 0.817. The topological polar surface area (TPSA) is 38.0 Å². The number of piperidine rings is 1. The predicted octanol–water partition coefficient (Wildman–Crippen LogP) is 2.17. The fourth-order valence-electron chi connectivity index (χ4n) is 3.26. The van der Waals surface area contributed by atoms with Gasteiger partial charge < -0.3 is 11.1 Å². The Morgan fingerprint density at radius 3 is 2.88 bits per heavy atom. The Hall–Kier alpha value is -0.860. The molecule has 1 fully saturated rings. The molecule has 17 heavy (non-hydrogen) atoms. The van der Waals surface area contributed by atoms with Crippen LogP contribution in [-0.4, -0.2) is 13.1 Å². The summed E-state index contributed by atoms with van der Waals surface area (Å²) < 4.78 is 0. The molecule has 0 radical (unpaired) electrons. The lowest BCUT2D eigenvalue weighted by Crippen LogP contribution is -2.36. The van der Waals surface area contributed by atoms with Crippen molar-refractivity contribution >= 4 is 0 Å². The van der Waals surface area contributed by atoms with Crippen molar-refractivity contribution in [2.75, 3.05) is 13.1 Å². The third kappa shape index (κ3) is 2.24. The number of fused-ring (bicyclic) bond motifs is 1. The molecule has 2 unspecified atom stereocenters. The minimum absolute atomic E-state index is 0.216. The lowest BCUT2D eigenvalue weighted by molar-refractivity contribution is 0.326. The van der Waals surface area contributed by atoms with Crippen molar-refractivity contribution in [3.05, 3.63) is 34.9 Å². The van der Waals surface area contributed by atoms with Crippen LogP contribution in [0.15, 0.2) is 18.2 Å². The van der Waals surface area contributed by atoms with E-state index in [2.05, 4.69) is 23.5 Å². The van der Waals surface area contributed by atoms with Gasteiger partial charge in [0.2, 0.25) is 0 Å². The number of hydrogen-bond acceptors (Lipinski definition) is 2. The minimum atomic E-state index is 0.216. The van der Waals surface area contributed by atoms with E-state index in [1.165, 1.54) is 37.7 Å². The van der Waals surface area contributed by atoms with E-state index in [1.54, 1.807) is 11.1 Å². The highest BCUT2D eigenvalue weighted by molar-refractivity contribution is 5.36. The molecule has 1 aliphatic heterocycles. The molecular weight excluding hydrogens is 208 g/mol. The van der Waals surface area contributed by atoms with Crippen molar-refractivity contribution in [3.63, 3.8) is 0 Å². The first-order chi connectivity index (χ1) is 8.34. The van der Waals surface area contributed by atoms with Crippen LogP contribution >= 0.6 is 0 Å². The first-order valence-electron chi connectivity index (χ1n) is 6.92. The van der Waals surface area contributed by atoms with Crippen molar-refractivity contribution in [3.8, 4) is 0 Å². The molecule has 3 rings (SSSR count). The van der Waals surface area contributed by atoms with E-state index in [-0.39, 0.29) is 6.04 Å². The lowest BCUT2D eigenvalue weighted by atomic mass is 9.87. The van der Waals surface area contributed by atoms with Crippen LogP contribution < -0.4 is 11.1 Å². The summed E-state index contributed by atoms with van der Waals surface area (Å²) in [7, 11) is 0. The number of nitrogens with one attached hydrogen (secondary N) is 1. The molecule has 0 bridgehead atoms. The second kappa shape index (κ2) is 4.79. The molecule has 2 nitrogen and oxygen atoms in total. The lowest BCUT2D eigenvalue weighted by Gasteiger charge is -2.28. The van der Waals surface area contributed by atoms with E-state index < -0.39 is 0 Å². The van der Waals surface area contributed by atoms with Crippen LogP contribution in [0.2, 0.25) is 0 Å². The van der Waals surface area contributed by atoms with Gasteiger partial charge in [0.05, 0.1) is 0 Å². The summed E-state index contributed by atoms with van der Waals surface area (Å²) in [5, 5.41) is 3.46. The van der Waals surface area contributed by atoms with Crippen LogP contribution in [0.1, 0.15) is 42.0 Å². The van der Waals surface area contributed by atoms with Gasteiger partial charge in [0.25, 0.3) is 0 Å². The van der Waals surface area contributed by atoms with Crippen LogP contribution in [0.25, 0.3) is 0 Å². The Morgan fingerprint density at radius 2 is 2.06 bits per heavy atom. The van der Waals surface area contributed by atoms with Gasteiger partial charge in [-0.15, -0.1) is 0 Å². The van der Waals surface area contributed by atoms with Gasteiger partial charge in [-0.2, -0.15) is 0 Å². The zero-order valence-electron chi connectivity index (χ0n) is 10.4. The zero-order valence-corrected chi connectivity index (χ0v) is 10.4. The monoisotopic (exact) mass is 230 g/mol. The normalized spacial score (nSPS) is 25.6. The Labute approximate surface area is 104 Å². The molecule has 0 saturated carbocycles. The summed E-state index contributed by atoms with van der Waals surface area (Å²) in [6.07, 6.45) is 6.36. The molecule has 0 spiro atoms. The van der Waals surface area contributed by atoms with Gasteiger partial charge in [-0.25, -0.2) is 0 Å². The molecule has 1 aromatic rings. The largest absolute Gasteiger partial charge is 0.324 e. The first-order valence-corrected chi connectivity index (χ1v) is 6.92. The smallest absolute Gasteiger partial charge is 0.0335 e. The summed E-state index contributed by atoms with van der Waals surface area (Å²) in [6.45, 7) is 2.24. The molecule has 2 heteroatoms. The van der Waals surface area contributed by atoms with E-state index in [4.69, 9.17) is 5.73 Å². The second-order valence-electron chi connectivity index (χ2n) is 5.51. The number of benzene rings is 1. The van der Waals surface area contributed by atoms with Gasteiger partial charge in [0.15, 0.2) is 0 Å². The highest BCUT2D eigenvalue weighted by Gasteiger charge is 2.22. The van der Waals surface area contributed by atoms with Crippen LogP contribution in [0, 0.1) is 5.92 Å². The van der Waals surface area contributed by atoms with E-state index in [0.717, 1.165) is 13.1 Å². The summed E-state index contributed by atoms with van der Waals surface area (Å²) in [6, 6.07) is 7.13. The van der Waals surface area contributed by atoms with Crippen LogP contribution in [0.3, 0.4) is 0 Å². The molecule has 1 aliphatic carbocycles. The fourth-order valence-corrected chi connectivity index (χ4v) is 3.26. The number of hydrogen-bond donors (Lipinski definition) is 2. The number of nitrogens with two attached hydrogens (primary N) is 1. The van der Waals surface area contributed by atoms with E-state index in [9.17, 15) is 0 Å². The highest BCUT2D eigenvalue weighted by Crippen LogP contribution is 2.29. The Bertz CT molecular complexity index is 394. The molecule has 0 aromatic heterocycles. The third-order valence-electron chi connectivity index (χ3n) is 4.35. The maximum Gasteiger partial charge on any atom is 0.0335 e. The van der Waals surface area contributed by atoms with Crippen LogP contribution in [0.4, 0.5) is 0 Å². The SMILES string of the molecule is NC(c1ccc2c(c1)CCC2)C1CCCNC1. The van der Waals surface area contributed by atoms with Crippen LogP contribution in [0.5, 0.6) is 0 Å². The summed E-state index contributed by atoms with van der Waals surface area (Å²) in [5.74, 6) is 0.614. The zero-order chi connectivity index (χ0) is 11.7. The van der Waals surface area contributed by atoms with Crippen LogP contribution in [-0.2, 0) is 12.8 Å². The van der Waals surface area contributed by atoms with Crippen molar-refractivity contribution in [2.24, 2.45) is 11.7 Å². The van der Waals surface area contributed by atoms with E-state index >= 15 is 0 Å². The fraction of sp³-hybridized carbons (Fsp3) is 0.600. The van der Waals surface area contributed by atoms with Crippen molar-refractivity contribution in [2.45, 2.75) is 38.1 Å². The average molecular weight is 230 g/mol. The summed E-state index contributed by atoms with van der Waals surface area (Å²) in [4.78, 5) is 0. The van der Waals surface area contributed by atoms with Gasteiger partial charge in [-0.1, -0.05) is 18.2 Å². The Kier molecular flexibility index (Phi) is 3.17. The van der Waals surface area contributed by atoms with E-state index in [1.807, 2.05) is 0 Å². The standard InChI is InChI=1S/C15H22N2/c16-15(14-5-2-8-17-10-14)13-7-6-11-3-1-4-12(11)9-13/h6-7,9,14-15,17H,1-5,8,10,16H2. The number of aryl methyl sites for hydroxylation is 2. The van der Waals surface area contributed by atoms with Gasteiger partial charge >= 0.3 is 0 Å². The van der Waals surface area contributed by atoms with E-state index in [0.29, 0.717) is 5.92 Å². The predicted molar refractivity (Wildman–Crippen MR) is 71.0 cm³/mol. The second-order valence-corrected chi connectivity index (χ2v) is 5.51. The van der Waals surface area contributed by atoms with Crippen molar-refractivity contribution in [1.29, 1.82) is 0 Å². The average Bonchev–Trinajstić information content (AvgIpc) is 2.86. The third-order valence-corrected chi connectivity index (χ3v) is 4.35. The molecule has 1 heterocycles. The molecule has 92 valence electrons. The maximum atomic E-state index is 6.42. The van der Waals surface area contributed by atoms with Gasteiger partial charge in [0.1, 0.15) is 0 Å². The maximum absolute atomic E-state index is 6.42. The number of rotatable bonds is 2. The van der Waals surface area contributed by atoms with Crippen molar-refractivity contribution < 1.29 is 0 Å². The molecule has 3 N–H and O–H groups in total. The highest BCUT2D eigenvalue weighted by atomic mass is 14.9. The molecule has 2 atom stereocenters. The van der Waals surface area contributed by atoms with Gasteiger partial charge in [0, 0.05) is 6.04 Å².